The molecular formula is C25H22ClN3O. The zero-order valence-corrected chi connectivity index (χ0v) is 17.3. The van der Waals surface area contributed by atoms with Crippen molar-refractivity contribution in [1.82, 2.24) is 14.9 Å². The Labute approximate surface area is 181 Å². The predicted molar refractivity (Wildman–Crippen MR) is 119 cm³/mol. The fourth-order valence-corrected chi connectivity index (χ4v) is 3.75. The number of nitrogens with zero attached hydrogens (tertiary/aromatic N) is 2. The van der Waals surface area contributed by atoms with E-state index in [-0.39, 0.29) is 5.91 Å². The molecule has 1 unspecified atom stereocenters. The van der Waals surface area contributed by atoms with Gasteiger partial charge in [0.05, 0.1) is 5.92 Å². The Morgan fingerprint density at radius 3 is 1.93 bits per heavy atom. The molecule has 0 spiro atoms. The van der Waals surface area contributed by atoms with Gasteiger partial charge in [0.2, 0.25) is 5.91 Å². The Kier molecular flexibility index (Phi) is 5.96. The summed E-state index contributed by atoms with van der Waals surface area (Å²) in [6.07, 6.45) is 3.60. The number of imidazole rings is 1. The lowest BCUT2D eigenvalue weighted by Gasteiger charge is -2.24. The largest absolute Gasteiger partial charge is 0.341 e. The van der Waals surface area contributed by atoms with Crippen molar-refractivity contribution in [2.24, 2.45) is 7.05 Å². The van der Waals surface area contributed by atoms with Gasteiger partial charge in [-0.05, 0) is 28.8 Å². The predicted octanol–water partition coefficient (Wildman–Crippen LogP) is 5.11. The molecular weight excluding hydrogens is 394 g/mol. The van der Waals surface area contributed by atoms with Crippen LogP contribution in [0.15, 0.2) is 97.3 Å². The lowest BCUT2D eigenvalue weighted by Crippen LogP contribution is -2.35. The topological polar surface area (TPSA) is 46.9 Å². The molecule has 1 amide bonds. The van der Waals surface area contributed by atoms with Crippen molar-refractivity contribution in [2.45, 2.75) is 12.0 Å². The van der Waals surface area contributed by atoms with Gasteiger partial charge in [0.15, 0.2) is 0 Å². The second-order valence-electron chi connectivity index (χ2n) is 7.14. The Balaban J connectivity index is 1.73. The van der Waals surface area contributed by atoms with Gasteiger partial charge >= 0.3 is 0 Å². The molecule has 5 heteroatoms. The van der Waals surface area contributed by atoms with Crippen LogP contribution in [0.4, 0.5) is 0 Å². The number of nitrogens with one attached hydrogen (secondary N) is 1. The first-order valence-electron chi connectivity index (χ1n) is 9.76. The van der Waals surface area contributed by atoms with Crippen LogP contribution in [0.25, 0.3) is 0 Å². The van der Waals surface area contributed by atoms with Crippen LogP contribution in [0.2, 0.25) is 5.02 Å². The highest BCUT2D eigenvalue weighted by atomic mass is 35.5. The second-order valence-corrected chi connectivity index (χ2v) is 7.58. The molecule has 4 aromatic rings. The number of amides is 1. The van der Waals surface area contributed by atoms with Crippen molar-refractivity contribution in [2.75, 3.05) is 0 Å². The van der Waals surface area contributed by atoms with E-state index >= 15 is 0 Å². The average molecular weight is 416 g/mol. The van der Waals surface area contributed by atoms with Crippen LogP contribution in [0, 0.1) is 0 Å². The van der Waals surface area contributed by atoms with E-state index in [0.717, 1.165) is 22.5 Å². The first-order chi connectivity index (χ1) is 14.6. The van der Waals surface area contributed by atoms with Gasteiger partial charge in [-0.1, -0.05) is 84.4 Å². The Hall–Kier alpha value is -3.37. The molecule has 1 heterocycles. The fraction of sp³-hybridized carbons (Fsp3) is 0.120. The highest BCUT2D eigenvalue weighted by Crippen LogP contribution is 2.28. The van der Waals surface area contributed by atoms with Crippen LogP contribution in [0.3, 0.4) is 0 Å². The number of rotatable bonds is 6. The molecule has 0 bridgehead atoms. The van der Waals surface area contributed by atoms with Crippen LogP contribution in [0.1, 0.15) is 34.5 Å². The van der Waals surface area contributed by atoms with E-state index < -0.39 is 12.0 Å². The minimum atomic E-state index is -0.428. The number of aryl methyl sites for hydroxylation is 1. The molecule has 150 valence electrons. The molecule has 1 atom stereocenters. The summed E-state index contributed by atoms with van der Waals surface area (Å²) >= 11 is 6.08. The van der Waals surface area contributed by atoms with E-state index in [0.29, 0.717) is 5.02 Å². The molecule has 30 heavy (non-hydrogen) atoms. The zero-order chi connectivity index (χ0) is 20.9. The summed E-state index contributed by atoms with van der Waals surface area (Å²) in [5.41, 5.74) is 2.80. The number of carbonyl (C=O) groups excluding carboxylic acids is 1. The molecule has 0 aliphatic heterocycles. The first-order valence-corrected chi connectivity index (χ1v) is 10.1. The molecule has 0 saturated carbocycles. The van der Waals surface area contributed by atoms with E-state index in [2.05, 4.69) is 10.3 Å². The highest BCUT2D eigenvalue weighted by Gasteiger charge is 2.27. The summed E-state index contributed by atoms with van der Waals surface area (Å²) in [6.45, 7) is 0. The maximum Gasteiger partial charge on any atom is 0.232 e. The Bertz CT molecular complexity index is 1070. The highest BCUT2D eigenvalue weighted by molar-refractivity contribution is 6.30. The molecule has 0 aliphatic rings. The zero-order valence-electron chi connectivity index (χ0n) is 16.6. The first kappa shape index (κ1) is 19.9. The van der Waals surface area contributed by atoms with E-state index in [1.807, 2.05) is 103 Å². The summed E-state index contributed by atoms with van der Waals surface area (Å²) < 4.78 is 1.92. The van der Waals surface area contributed by atoms with Crippen LogP contribution in [-0.4, -0.2) is 15.5 Å². The van der Waals surface area contributed by atoms with Crippen molar-refractivity contribution < 1.29 is 4.79 Å². The lowest BCUT2D eigenvalue weighted by molar-refractivity contribution is -0.122. The van der Waals surface area contributed by atoms with Crippen LogP contribution in [-0.2, 0) is 11.8 Å². The summed E-state index contributed by atoms with van der Waals surface area (Å²) in [5.74, 6) is 0.239. The molecule has 0 aliphatic carbocycles. The molecule has 1 N–H and O–H groups in total. The minimum absolute atomic E-state index is 0.0876. The maximum absolute atomic E-state index is 13.6. The monoisotopic (exact) mass is 415 g/mol. The third-order valence-electron chi connectivity index (χ3n) is 5.13. The number of hydrogen-bond acceptors (Lipinski definition) is 2. The van der Waals surface area contributed by atoms with Gasteiger partial charge in [-0.2, -0.15) is 0 Å². The minimum Gasteiger partial charge on any atom is -0.341 e. The second kappa shape index (κ2) is 8.97. The third kappa shape index (κ3) is 4.29. The van der Waals surface area contributed by atoms with Crippen molar-refractivity contribution >= 4 is 17.5 Å². The maximum atomic E-state index is 13.6. The smallest absolute Gasteiger partial charge is 0.232 e. The summed E-state index contributed by atoms with van der Waals surface area (Å²) in [7, 11) is 1.92. The van der Waals surface area contributed by atoms with E-state index in [1.165, 1.54) is 0 Å². The molecule has 0 fully saturated rings. The lowest BCUT2D eigenvalue weighted by atomic mass is 9.90. The third-order valence-corrected chi connectivity index (χ3v) is 5.39. The van der Waals surface area contributed by atoms with Gasteiger partial charge < -0.3 is 9.88 Å². The van der Waals surface area contributed by atoms with Gasteiger partial charge in [0.25, 0.3) is 0 Å². The van der Waals surface area contributed by atoms with Crippen molar-refractivity contribution in [3.8, 4) is 0 Å². The van der Waals surface area contributed by atoms with Gasteiger partial charge in [0, 0.05) is 24.5 Å². The molecule has 4 rings (SSSR count). The van der Waals surface area contributed by atoms with Crippen LogP contribution >= 0.6 is 11.6 Å². The van der Waals surface area contributed by atoms with E-state index in [1.54, 1.807) is 6.20 Å². The average Bonchev–Trinajstić information content (AvgIpc) is 3.20. The van der Waals surface area contributed by atoms with Crippen LogP contribution in [0.5, 0.6) is 0 Å². The Morgan fingerprint density at radius 2 is 1.43 bits per heavy atom. The standard InChI is InChI=1S/C25H22ClN3O/c1-29-17-16-27-24(29)23(20-12-14-21(26)15-13-20)28-25(30)22(18-8-4-2-5-9-18)19-10-6-3-7-11-19/h2-17,22-23H,1H3,(H,28,30). The Morgan fingerprint density at radius 1 is 0.867 bits per heavy atom. The molecule has 3 aromatic carbocycles. The van der Waals surface area contributed by atoms with Gasteiger partial charge in [-0.3, -0.25) is 4.79 Å². The number of aromatic nitrogens is 2. The molecule has 4 nitrogen and oxygen atoms in total. The van der Waals surface area contributed by atoms with Gasteiger partial charge in [-0.15, -0.1) is 0 Å². The van der Waals surface area contributed by atoms with Crippen molar-refractivity contribution in [3.63, 3.8) is 0 Å². The van der Waals surface area contributed by atoms with E-state index in [4.69, 9.17) is 11.6 Å². The fourth-order valence-electron chi connectivity index (χ4n) is 3.62. The molecule has 0 radical (unpaired) electrons. The van der Waals surface area contributed by atoms with Crippen molar-refractivity contribution in [3.05, 3.63) is 125 Å². The number of benzene rings is 3. The number of carbonyl (C=O) groups is 1. The molecule has 0 saturated heterocycles. The van der Waals surface area contributed by atoms with Crippen molar-refractivity contribution in [1.29, 1.82) is 0 Å². The number of hydrogen-bond donors (Lipinski definition) is 1. The quantitative estimate of drug-likeness (QED) is 0.475. The van der Waals surface area contributed by atoms with Crippen LogP contribution < -0.4 is 5.32 Å². The summed E-state index contributed by atoms with van der Waals surface area (Å²) in [6, 6.07) is 26.7. The van der Waals surface area contributed by atoms with E-state index in [9.17, 15) is 4.79 Å². The van der Waals surface area contributed by atoms with Gasteiger partial charge in [0.1, 0.15) is 11.9 Å². The normalized spacial score (nSPS) is 12.0. The SMILES string of the molecule is Cn1ccnc1C(NC(=O)C(c1ccccc1)c1ccccc1)c1ccc(Cl)cc1. The summed E-state index contributed by atoms with van der Waals surface area (Å²) in [4.78, 5) is 18.1. The summed E-state index contributed by atoms with van der Waals surface area (Å²) in [5, 5.41) is 3.88. The number of halogens is 1. The van der Waals surface area contributed by atoms with Gasteiger partial charge in [-0.25, -0.2) is 4.98 Å². The molecule has 1 aromatic heterocycles.